The van der Waals surface area contributed by atoms with Crippen LogP contribution < -0.4 is 10.6 Å². The minimum absolute atomic E-state index is 0.0773. The molecule has 1 fully saturated rings. The molecule has 1 aliphatic carbocycles. The highest BCUT2D eigenvalue weighted by molar-refractivity contribution is 7.81. The van der Waals surface area contributed by atoms with Crippen molar-refractivity contribution in [1.29, 1.82) is 0 Å². The molecule has 1 aliphatic rings. The van der Waals surface area contributed by atoms with Crippen LogP contribution in [0.2, 0.25) is 0 Å². The van der Waals surface area contributed by atoms with E-state index in [0.29, 0.717) is 24.8 Å². The number of carbonyl (C=O) groups is 3. The quantitative estimate of drug-likeness (QED) is 0.385. The van der Waals surface area contributed by atoms with Gasteiger partial charge in [-0.05, 0) is 48.9 Å². The molecule has 0 aliphatic heterocycles. The van der Waals surface area contributed by atoms with Gasteiger partial charge >= 0.3 is 5.97 Å². The Morgan fingerprint density at radius 1 is 1.15 bits per heavy atom. The zero-order chi connectivity index (χ0) is 24.7. The Hall–Kier alpha value is -2.94. The van der Waals surface area contributed by atoms with Crippen LogP contribution in [0.1, 0.15) is 51.5 Å². The van der Waals surface area contributed by atoms with Gasteiger partial charge in [0.2, 0.25) is 11.8 Å². The van der Waals surface area contributed by atoms with Crippen LogP contribution in [0, 0.1) is 5.92 Å². The maximum Gasteiger partial charge on any atom is 0.326 e. The van der Waals surface area contributed by atoms with E-state index in [0.717, 1.165) is 24.1 Å². The van der Waals surface area contributed by atoms with Gasteiger partial charge < -0.3 is 15.7 Å². The third-order valence-corrected chi connectivity index (χ3v) is 6.52. The SMILES string of the molecule is CC(C)C[C@H](S)C(=O)NC1(C(=O)NC(Cc2ccc(-c3cccnc3)nc2)C(=O)O)CCCC1. The fraction of sp³-hybridized carbons (Fsp3) is 0.480. The van der Waals surface area contributed by atoms with Gasteiger partial charge in [0, 0.05) is 30.6 Å². The molecule has 2 heterocycles. The lowest BCUT2D eigenvalue weighted by Gasteiger charge is -2.31. The molecule has 0 spiro atoms. The van der Waals surface area contributed by atoms with Gasteiger partial charge in [-0.25, -0.2) is 4.79 Å². The molecule has 2 aromatic heterocycles. The molecule has 3 N–H and O–H groups in total. The van der Waals surface area contributed by atoms with Gasteiger partial charge in [-0.2, -0.15) is 12.6 Å². The van der Waals surface area contributed by atoms with Crippen LogP contribution in [0.4, 0.5) is 0 Å². The highest BCUT2D eigenvalue weighted by atomic mass is 32.1. The monoisotopic (exact) mass is 484 g/mol. The summed E-state index contributed by atoms with van der Waals surface area (Å²) in [5.74, 6) is -1.61. The molecule has 1 unspecified atom stereocenters. The van der Waals surface area contributed by atoms with E-state index in [4.69, 9.17) is 0 Å². The van der Waals surface area contributed by atoms with Crippen LogP contribution >= 0.6 is 12.6 Å². The van der Waals surface area contributed by atoms with E-state index in [9.17, 15) is 19.5 Å². The van der Waals surface area contributed by atoms with Crippen molar-refractivity contribution in [2.75, 3.05) is 0 Å². The van der Waals surface area contributed by atoms with E-state index in [1.54, 1.807) is 30.7 Å². The van der Waals surface area contributed by atoms with Gasteiger partial charge in [0.1, 0.15) is 11.6 Å². The first-order valence-electron chi connectivity index (χ1n) is 11.6. The summed E-state index contributed by atoms with van der Waals surface area (Å²) in [6, 6.07) is 6.16. The lowest BCUT2D eigenvalue weighted by atomic mass is 9.94. The average molecular weight is 485 g/mol. The van der Waals surface area contributed by atoms with E-state index in [-0.39, 0.29) is 18.2 Å². The second-order valence-electron chi connectivity index (χ2n) is 9.29. The number of thiol groups is 1. The first-order chi connectivity index (χ1) is 16.2. The number of carboxylic acids is 1. The van der Waals surface area contributed by atoms with Gasteiger partial charge in [0.15, 0.2) is 0 Å². The van der Waals surface area contributed by atoms with Crippen molar-refractivity contribution in [3.05, 3.63) is 48.4 Å². The topological polar surface area (TPSA) is 121 Å². The molecular weight excluding hydrogens is 452 g/mol. The summed E-state index contributed by atoms with van der Waals surface area (Å²) in [4.78, 5) is 46.4. The molecule has 0 saturated heterocycles. The highest BCUT2D eigenvalue weighted by Gasteiger charge is 2.44. The number of aliphatic carboxylic acids is 1. The molecule has 0 radical (unpaired) electrons. The zero-order valence-corrected chi connectivity index (χ0v) is 20.4. The Morgan fingerprint density at radius 2 is 1.88 bits per heavy atom. The molecule has 2 aromatic rings. The molecular formula is C25H32N4O4S. The number of carbonyl (C=O) groups excluding carboxylic acids is 2. The Bertz CT molecular complexity index is 992. The number of aromatic nitrogens is 2. The van der Waals surface area contributed by atoms with Crippen molar-refractivity contribution in [1.82, 2.24) is 20.6 Å². The molecule has 0 bridgehead atoms. The van der Waals surface area contributed by atoms with Gasteiger partial charge in [-0.15, -0.1) is 0 Å². The largest absolute Gasteiger partial charge is 0.480 e. The molecule has 1 saturated carbocycles. The molecule has 2 amide bonds. The fourth-order valence-corrected chi connectivity index (χ4v) is 4.71. The maximum atomic E-state index is 13.3. The summed E-state index contributed by atoms with van der Waals surface area (Å²) in [5, 5.41) is 14.8. The summed E-state index contributed by atoms with van der Waals surface area (Å²) in [7, 11) is 0. The van der Waals surface area contributed by atoms with Crippen molar-refractivity contribution in [2.24, 2.45) is 5.92 Å². The first-order valence-corrected chi connectivity index (χ1v) is 12.1. The van der Waals surface area contributed by atoms with E-state index in [1.165, 1.54) is 0 Å². The second-order valence-corrected chi connectivity index (χ2v) is 9.91. The van der Waals surface area contributed by atoms with Crippen LogP contribution in [0.15, 0.2) is 42.9 Å². The van der Waals surface area contributed by atoms with Crippen LogP contribution in [0.25, 0.3) is 11.3 Å². The third kappa shape index (κ3) is 6.56. The Morgan fingerprint density at radius 3 is 2.44 bits per heavy atom. The lowest BCUT2D eigenvalue weighted by Crippen LogP contribution is -2.61. The summed E-state index contributed by atoms with van der Waals surface area (Å²) < 4.78 is 0. The maximum absolute atomic E-state index is 13.3. The van der Waals surface area contributed by atoms with E-state index in [1.807, 2.05) is 26.0 Å². The molecule has 8 nitrogen and oxygen atoms in total. The summed E-state index contributed by atoms with van der Waals surface area (Å²) in [6.45, 7) is 4.01. The van der Waals surface area contributed by atoms with Gasteiger partial charge in [-0.1, -0.05) is 32.8 Å². The molecule has 2 atom stereocenters. The lowest BCUT2D eigenvalue weighted by molar-refractivity contribution is -0.143. The van der Waals surface area contributed by atoms with Crippen LogP contribution in [-0.4, -0.2) is 49.7 Å². The smallest absolute Gasteiger partial charge is 0.326 e. The molecule has 3 rings (SSSR count). The van der Waals surface area contributed by atoms with Crippen molar-refractivity contribution in [3.63, 3.8) is 0 Å². The molecule has 182 valence electrons. The number of pyridine rings is 2. The van der Waals surface area contributed by atoms with Crippen molar-refractivity contribution in [2.45, 2.75) is 69.2 Å². The molecule has 0 aromatic carbocycles. The summed E-state index contributed by atoms with van der Waals surface area (Å²) in [5.41, 5.74) is 1.15. The Kier molecular flexibility index (Phi) is 8.66. The molecule has 34 heavy (non-hydrogen) atoms. The third-order valence-electron chi connectivity index (χ3n) is 6.08. The second kappa shape index (κ2) is 11.5. The van der Waals surface area contributed by atoms with E-state index >= 15 is 0 Å². The van der Waals surface area contributed by atoms with Crippen molar-refractivity contribution in [3.8, 4) is 11.3 Å². The predicted octanol–water partition coefficient (Wildman–Crippen LogP) is 3.03. The zero-order valence-electron chi connectivity index (χ0n) is 19.5. The van der Waals surface area contributed by atoms with Crippen LogP contribution in [-0.2, 0) is 20.8 Å². The molecule has 9 heteroatoms. The highest BCUT2D eigenvalue weighted by Crippen LogP contribution is 2.31. The number of hydrogen-bond acceptors (Lipinski definition) is 6. The van der Waals surface area contributed by atoms with Gasteiger partial charge in [0.05, 0.1) is 10.9 Å². The van der Waals surface area contributed by atoms with Crippen LogP contribution in [0.5, 0.6) is 0 Å². The number of rotatable bonds is 10. The number of nitrogens with one attached hydrogen (secondary N) is 2. The summed E-state index contributed by atoms with van der Waals surface area (Å²) in [6.07, 6.45) is 8.17. The van der Waals surface area contributed by atoms with Gasteiger partial charge in [0.25, 0.3) is 0 Å². The number of carboxylic acid groups (broad SMARTS) is 1. The first kappa shape index (κ1) is 25.7. The van der Waals surface area contributed by atoms with Crippen molar-refractivity contribution < 1.29 is 19.5 Å². The fourth-order valence-electron chi connectivity index (χ4n) is 4.22. The van der Waals surface area contributed by atoms with E-state index in [2.05, 4.69) is 33.2 Å². The van der Waals surface area contributed by atoms with Crippen molar-refractivity contribution >= 4 is 30.4 Å². The standard InChI is InChI=1S/C25H32N4O4S/c1-16(2)12-21(34)22(30)29-25(9-3-4-10-25)24(33)28-20(23(31)32)13-17-7-8-19(27-14-17)18-6-5-11-26-15-18/h5-8,11,14-16,20-21,34H,3-4,9-10,12-13H2,1-2H3,(H,28,33)(H,29,30)(H,31,32)/t20?,21-/m0/s1. The average Bonchev–Trinajstić information content (AvgIpc) is 3.29. The number of amides is 2. The Labute approximate surface area is 205 Å². The van der Waals surface area contributed by atoms with E-state index < -0.39 is 28.7 Å². The normalized spacial score (nSPS) is 16.6. The van der Waals surface area contributed by atoms with Crippen LogP contribution in [0.3, 0.4) is 0 Å². The van der Waals surface area contributed by atoms with Gasteiger partial charge in [-0.3, -0.25) is 19.6 Å². The minimum atomic E-state index is -1.14. The Balaban J connectivity index is 1.69. The number of nitrogens with zero attached hydrogens (tertiary/aromatic N) is 2. The summed E-state index contributed by atoms with van der Waals surface area (Å²) >= 11 is 4.40. The minimum Gasteiger partial charge on any atom is -0.480 e. The predicted molar refractivity (Wildman–Crippen MR) is 132 cm³/mol. The number of hydrogen-bond donors (Lipinski definition) is 4.